The highest BCUT2D eigenvalue weighted by molar-refractivity contribution is 5.89. The Labute approximate surface area is 195 Å². The van der Waals surface area contributed by atoms with Crippen LogP contribution in [0.3, 0.4) is 0 Å². The first-order valence-electron chi connectivity index (χ1n) is 11.1. The molecule has 0 bridgehead atoms. The number of fused-ring (bicyclic) bond motifs is 1. The van der Waals surface area contributed by atoms with Crippen LogP contribution in [-0.2, 0) is 17.8 Å². The molecule has 5 rings (SSSR count). The minimum absolute atomic E-state index is 0.0950. The predicted molar refractivity (Wildman–Crippen MR) is 123 cm³/mol. The van der Waals surface area contributed by atoms with Crippen LogP contribution in [-0.4, -0.2) is 57.3 Å². The Kier molecular flexibility index (Phi) is 5.64. The lowest BCUT2D eigenvalue weighted by molar-refractivity contribution is -0.123. The van der Waals surface area contributed by atoms with Gasteiger partial charge in [-0.2, -0.15) is 5.10 Å². The number of rotatable bonds is 3. The SMILES string of the molecule is COc1ccc(-c2nc3n(n2)CC(=O)NC2(CCN(C(=O)Nc4ccccc4F)CC2)C3)cc1. The lowest BCUT2D eigenvalue weighted by Crippen LogP contribution is -2.57. The molecule has 0 radical (unpaired) electrons. The summed E-state index contributed by atoms with van der Waals surface area (Å²) >= 11 is 0. The van der Waals surface area contributed by atoms with Crippen molar-refractivity contribution >= 4 is 17.6 Å². The minimum Gasteiger partial charge on any atom is -0.497 e. The third-order valence-corrected chi connectivity index (χ3v) is 6.41. The molecule has 2 aliphatic rings. The van der Waals surface area contributed by atoms with Crippen molar-refractivity contribution in [2.75, 3.05) is 25.5 Å². The number of methoxy groups -OCH3 is 1. The van der Waals surface area contributed by atoms with Gasteiger partial charge in [0, 0.05) is 25.1 Å². The van der Waals surface area contributed by atoms with Crippen molar-refractivity contribution in [1.29, 1.82) is 0 Å². The lowest BCUT2D eigenvalue weighted by Gasteiger charge is -2.41. The maximum absolute atomic E-state index is 13.9. The van der Waals surface area contributed by atoms with E-state index in [1.807, 2.05) is 24.3 Å². The van der Waals surface area contributed by atoms with Crippen LogP contribution in [0.1, 0.15) is 18.7 Å². The molecule has 2 aliphatic heterocycles. The Morgan fingerprint density at radius 3 is 2.59 bits per heavy atom. The standard InChI is InChI=1S/C24H25FN6O3/c1-34-17-8-6-16(7-9-17)22-27-20-14-24(28-21(32)15-31(20)29-22)10-12-30(13-11-24)23(33)26-19-5-3-2-4-18(19)25/h2-9H,10-15H2,1H3,(H,26,33)(H,28,32). The number of nitrogens with one attached hydrogen (secondary N) is 2. The number of carbonyl (C=O) groups excluding carboxylic acids is 2. The summed E-state index contributed by atoms with van der Waals surface area (Å²) in [5.41, 5.74) is 0.481. The summed E-state index contributed by atoms with van der Waals surface area (Å²) in [5.74, 6) is 1.42. The number of para-hydroxylation sites is 1. The van der Waals surface area contributed by atoms with Crippen molar-refractivity contribution in [3.05, 3.63) is 60.2 Å². The highest BCUT2D eigenvalue weighted by atomic mass is 19.1. The Morgan fingerprint density at radius 2 is 1.88 bits per heavy atom. The second-order valence-corrected chi connectivity index (χ2v) is 8.64. The van der Waals surface area contributed by atoms with Gasteiger partial charge in [-0.25, -0.2) is 18.9 Å². The fraction of sp³-hybridized carbons (Fsp3) is 0.333. The number of hydrogen-bond acceptors (Lipinski definition) is 5. The predicted octanol–water partition coefficient (Wildman–Crippen LogP) is 2.83. The molecule has 1 aromatic heterocycles. The number of aromatic nitrogens is 3. The third kappa shape index (κ3) is 4.30. The molecule has 1 fully saturated rings. The summed E-state index contributed by atoms with van der Waals surface area (Å²) in [5, 5.41) is 10.3. The fourth-order valence-electron chi connectivity index (χ4n) is 4.51. The number of carbonyl (C=O) groups is 2. The van der Waals surface area contributed by atoms with Crippen LogP contribution in [0.2, 0.25) is 0 Å². The molecule has 0 atom stereocenters. The van der Waals surface area contributed by atoms with E-state index in [1.165, 1.54) is 12.1 Å². The first-order valence-corrected chi connectivity index (χ1v) is 11.1. The number of amides is 3. The normalized spacial score (nSPS) is 17.0. The van der Waals surface area contributed by atoms with Crippen molar-refractivity contribution < 1.29 is 18.7 Å². The number of hydrogen-bond donors (Lipinski definition) is 2. The zero-order valence-corrected chi connectivity index (χ0v) is 18.8. The van der Waals surface area contributed by atoms with Crippen molar-refractivity contribution in [2.45, 2.75) is 31.3 Å². The second-order valence-electron chi connectivity index (χ2n) is 8.64. The second kappa shape index (κ2) is 8.77. The molecule has 9 nitrogen and oxygen atoms in total. The van der Waals surface area contributed by atoms with E-state index < -0.39 is 11.4 Å². The molecule has 3 amide bonds. The maximum Gasteiger partial charge on any atom is 0.321 e. The average molecular weight is 465 g/mol. The molecule has 176 valence electrons. The highest BCUT2D eigenvalue weighted by Crippen LogP contribution is 2.30. The van der Waals surface area contributed by atoms with E-state index in [4.69, 9.17) is 9.72 Å². The first kappa shape index (κ1) is 21.9. The van der Waals surface area contributed by atoms with Crippen molar-refractivity contribution in [3.63, 3.8) is 0 Å². The molecule has 0 unspecified atom stereocenters. The van der Waals surface area contributed by atoms with Crippen LogP contribution in [0.4, 0.5) is 14.9 Å². The number of benzene rings is 2. The number of anilines is 1. The highest BCUT2D eigenvalue weighted by Gasteiger charge is 2.41. The monoisotopic (exact) mass is 464 g/mol. The summed E-state index contributed by atoms with van der Waals surface area (Å²) in [6.45, 7) is 0.956. The molecule has 2 aromatic carbocycles. The quantitative estimate of drug-likeness (QED) is 0.621. The number of halogens is 1. The number of ether oxygens (including phenoxy) is 1. The molecule has 1 spiro atoms. The Morgan fingerprint density at radius 1 is 1.15 bits per heavy atom. The molecule has 3 heterocycles. The van der Waals surface area contributed by atoms with E-state index in [-0.39, 0.29) is 24.2 Å². The smallest absolute Gasteiger partial charge is 0.321 e. The molecule has 1 saturated heterocycles. The fourth-order valence-corrected chi connectivity index (χ4v) is 4.51. The van der Waals surface area contributed by atoms with Gasteiger partial charge in [0.1, 0.15) is 23.9 Å². The molecular formula is C24H25FN6O3. The number of likely N-dealkylation sites (tertiary alicyclic amines) is 1. The van der Waals surface area contributed by atoms with Gasteiger partial charge in [-0.1, -0.05) is 12.1 Å². The average Bonchev–Trinajstić information content (AvgIpc) is 3.16. The topological polar surface area (TPSA) is 101 Å². The van der Waals surface area contributed by atoms with Crippen LogP contribution < -0.4 is 15.4 Å². The Balaban J connectivity index is 1.30. The molecular weight excluding hydrogens is 439 g/mol. The van der Waals surface area contributed by atoms with Gasteiger partial charge >= 0.3 is 6.03 Å². The van der Waals surface area contributed by atoms with E-state index in [1.54, 1.807) is 28.8 Å². The van der Waals surface area contributed by atoms with Crippen LogP contribution in [0.5, 0.6) is 5.75 Å². The van der Waals surface area contributed by atoms with Crippen LogP contribution in [0, 0.1) is 5.82 Å². The number of urea groups is 1. The van der Waals surface area contributed by atoms with Gasteiger partial charge in [-0.3, -0.25) is 4.79 Å². The first-order chi connectivity index (χ1) is 16.4. The molecule has 34 heavy (non-hydrogen) atoms. The maximum atomic E-state index is 13.9. The Hall–Kier alpha value is -3.95. The molecule has 3 aromatic rings. The van der Waals surface area contributed by atoms with Crippen molar-refractivity contribution in [2.24, 2.45) is 0 Å². The van der Waals surface area contributed by atoms with E-state index in [0.29, 0.717) is 38.2 Å². The van der Waals surface area contributed by atoms with Crippen molar-refractivity contribution in [3.8, 4) is 17.1 Å². The van der Waals surface area contributed by atoms with E-state index in [2.05, 4.69) is 15.7 Å². The molecule has 0 saturated carbocycles. The van der Waals surface area contributed by atoms with Gasteiger partial charge < -0.3 is 20.3 Å². The lowest BCUT2D eigenvalue weighted by atomic mass is 9.84. The van der Waals surface area contributed by atoms with Crippen LogP contribution in [0.25, 0.3) is 11.4 Å². The zero-order chi connectivity index (χ0) is 23.7. The van der Waals surface area contributed by atoms with E-state index >= 15 is 0 Å². The summed E-state index contributed by atoms with van der Waals surface area (Å²) in [6, 6.07) is 13.2. The summed E-state index contributed by atoms with van der Waals surface area (Å²) in [7, 11) is 1.61. The van der Waals surface area contributed by atoms with Gasteiger partial charge in [-0.05, 0) is 49.2 Å². The van der Waals surface area contributed by atoms with Gasteiger partial charge in [0.15, 0.2) is 5.82 Å². The molecule has 0 aliphatic carbocycles. The van der Waals surface area contributed by atoms with Gasteiger partial charge in [0.25, 0.3) is 0 Å². The van der Waals surface area contributed by atoms with Crippen molar-refractivity contribution in [1.82, 2.24) is 25.0 Å². The van der Waals surface area contributed by atoms with E-state index in [0.717, 1.165) is 17.1 Å². The van der Waals surface area contributed by atoms with Gasteiger partial charge in [0.05, 0.1) is 18.3 Å². The molecule has 10 heteroatoms. The van der Waals surface area contributed by atoms with Crippen LogP contribution >= 0.6 is 0 Å². The summed E-state index contributed by atoms with van der Waals surface area (Å²) in [6.07, 6.45) is 1.65. The number of nitrogens with zero attached hydrogens (tertiary/aromatic N) is 4. The largest absolute Gasteiger partial charge is 0.497 e. The summed E-state index contributed by atoms with van der Waals surface area (Å²) in [4.78, 5) is 31.7. The van der Waals surface area contributed by atoms with Gasteiger partial charge in [-0.15, -0.1) is 0 Å². The third-order valence-electron chi connectivity index (χ3n) is 6.41. The minimum atomic E-state index is -0.510. The van der Waals surface area contributed by atoms with Gasteiger partial charge in [0.2, 0.25) is 5.91 Å². The summed E-state index contributed by atoms with van der Waals surface area (Å²) < 4.78 is 20.8. The number of piperidine rings is 1. The van der Waals surface area contributed by atoms with E-state index in [9.17, 15) is 14.0 Å². The molecule has 2 N–H and O–H groups in total. The van der Waals surface area contributed by atoms with Crippen LogP contribution in [0.15, 0.2) is 48.5 Å². The zero-order valence-electron chi connectivity index (χ0n) is 18.8. The Bertz CT molecular complexity index is 1220.